The SMILES string of the molecule is COCCCN1C(=O)c2ccc(NC(=O)N3CCC(C(N)=O)CC3)cc2C1=O. The number of imide groups is 1. The first-order valence-corrected chi connectivity index (χ1v) is 9.26. The summed E-state index contributed by atoms with van der Waals surface area (Å²) in [5.41, 5.74) is 6.38. The van der Waals surface area contributed by atoms with E-state index in [-0.39, 0.29) is 41.8 Å². The molecule has 0 aliphatic carbocycles. The minimum Gasteiger partial charge on any atom is -0.385 e. The summed E-state index contributed by atoms with van der Waals surface area (Å²) in [7, 11) is 1.56. The number of amides is 5. The Balaban J connectivity index is 1.64. The van der Waals surface area contributed by atoms with Gasteiger partial charge in [-0.2, -0.15) is 0 Å². The fraction of sp³-hybridized carbons (Fsp3) is 0.474. The summed E-state index contributed by atoms with van der Waals surface area (Å²) in [5.74, 6) is -1.23. The van der Waals surface area contributed by atoms with Gasteiger partial charge in [-0.3, -0.25) is 19.3 Å². The van der Waals surface area contributed by atoms with E-state index in [0.717, 1.165) is 0 Å². The van der Waals surface area contributed by atoms with Crippen LogP contribution in [0.2, 0.25) is 0 Å². The summed E-state index contributed by atoms with van der Waals surface area (Å²) in [4.78, 5) is 51.4. The van der Waals surface area contributed by atoms with Crippen LogP contribution < -0.4 is 11.1 Å². The highest BCUT2D eigenvalue weighted by Gasteiger charge is 2.35. The normalized spacial score (nSPS) is 17.0. The zero-order valence-corrected chi connectivity index (χ0v) is 15.8. The van der Waals surface area contributed by atoms with Crippen molar-refractivity contribution in [2.45, 2.75) is 19.3 Å². The van der Waals surface area contributed by atoms with Crippen LogP contribution in [0.4, 0.5) is 10.5 Å². The molecule has 0 radical (unpaired) electrons. The number of anilines is 1. The van der Waals surface area contributed by atoms with E-state index in [1.807, 2.05) is 0 Å². The Morgan fingerprint density at radius 1 is 1.18 bits per heavy atom. The summed E-state index contributed by atoms with van der Waals surface area (Å²) in [5, 5.41) is 2.76. The zero-order chi connectivity index (χ0) is 20.3. The van der Waals surface area contributed by atoms with Crippen LogP contribution in [0.25, 0.3) is 0 Å². The number of fused-ring (bicyclic) bond motifs is 1. The van der Waals surface area contributed by atoms with Crippen molar-refractivity contribution in [2.24, 2.45) is 11.7 Å². The molecule has 150 valence electrons. The first kappa shape index (κ1) is 19.8. The van der Waals surface area contributed by atoms with Crippen LogP contribution >= 0.6 is 0 Å². The van der Waals surface area contributed by atoms with Crippen molar-refractivity contribution in [3.8, 4) is 0 Å². The number of primary amides is 1. The molecular formula is C19H24N4O5. The molecule has 9 heteroatoms. The number of urea groups is 1. The Hall–Kier alpha value is -2.94. The predicted molar refractivity (Wildman–Crippen MR) is 101 cm³/mol. The number of rotatable bonds is 6. The van der Waals surface area contributed by atoms with Gasteiger partial charge < -0.3 is 20.7 Å². The molecule has 0 spiro atoms. The molecule has 1 aromatic rings. The lowest BCUT2D eigenvalue weighted by Crippen LogP contribution is -2.43. The third kappa shape index (κ3) is 3.99. The van der Waals surface area contributed by atoms with Gasteiger partial charge in [-0.15, -0.1) is 0 Å². The number of carbonyl (C=O) groups excluding carboxylic acids is 4. The van der Waals surface area contributed by atoms with Gasteiger partial charge in [0.05, 0.1) is 11.1 Å². The Morgan fingerprint density at radius 3 is 2.50 bits per heavy atom. The molecule has 0 aromatic heterocycles. The number of likely N-dealkylation sites (tertiary alicyclic amines) is 1. The molecule has 28 heavy (non-hydrogen) atoms. The first-order chi connectivity index (χ1) is 13.4. The van der Waals surface area contributed by atoms with Gasteiger partial charge in [0.25, 0.3) is 11.8 Å². The van der Waals surface area contributed by atoms with Crippen LogP contribution in [-0.4, -0.2) is 66.9 Å². The fourth-order valence-corrected chi connectivity index (χ4v) is 3.51. The molecule has 0 atom stereocenters. The van der Waals surface area contributed by atoms with Gasteiger partial charge >= 0.3 is 6.03 Å². The van der Waals surface area contributed by atoms with Crippen molar-refractivity contribution in [2.75, 3.05) is 38.7 Å². The minimum atomic E-state index is -0.366. The minimum absolute atomic E-state index is 0.197. The molecule has 0 bridgehead atoms. The smallest absolute Gasteiger partial charge is 0.321 e. The number of nitrogens with zero attached hydrogens (tertiary/aromatic N) is 2. The van der Waals surface area contributed by atoms with E-state index in [1.54, 1.807) is 24.1 Å². The molecule has 2 heterocycles. The van der Waals surface area contributed by atoms with Crippen LogP contribution in [0.15, 0.2) is 18.2 Å². The Kier molecular flexibility index (Phi) is 5.93. The molecule has 1 saturated heterocycles. The molecule has 2 aliphatic heterocycles. The van der Waals surface area contributed by atoms with E-state index < -0.39 is 0 Å². The zero-order valence-electron chi connectivity index (χ0n) is 15.8. The van der Waals surface area contributed by atoms with Crippen LogP contribution in [0.1, 0.15) is 40.0 Å². The molecule has 1 fully saturated rings. The molecule has 2 aliphatic rings. The van der Waals surface area contributed by atoms with Crippen molar-refractivity contribution in [1.82, 2.24) is 9.80 Å². The maximum absolute atomic E-state index is 12.5. The number of carbonyl (C=O) groups is 4. The second-order valence-electron chi connectivity index (χ2n) is 6.96. The molecular weight excluding hydrogens is 364 g/mol. The lowest BCUT2D eigenvalue weighted by atomic mass is 9.96. The maximum atomic E-state index is 12.5. The summed E-state index contributed by atoms with van der Waals surface area (Å²) in [6.45, 7) is 1.63. The molecule has 0 unspecified atom stereocenters. The Labute approximate surface area is 162 Å². The van der Waals surface area contributed by atoms with E-state index in [9.17, 15) is 19.2 Å². The van der Waals surface area contributed by atoms with Gasteiger partial charge in [-0.25, -0.2) is 4.79 Å². The number of nitrogens with two attached hydrogens (primary N) is 1. The monoisotopic (exact) mass is 388 g/mol. The molecule has 9 nitrogen and oxygen atoms in total. The van der Waals surface area contributed by atoms with E-state index in [2.05, 4.69) is 5.32 Å². The van der Waals surface area contributed by atoms with Gasteiger partial charge in [0.15, 0.2) is 0 Å². The second-order valence-corrected chi connectivity index (χ2v) is 6.96. The largest absolute Gasteiger partial charge is 0.385 e. The van der Waals surface area contributed by atoms with Crippen LogP contribution in [-0.2, 0) is 9.53 Å². The van der Waals surface area contributed by atoms with Gasteiger partial charge in [-0.05, 0) is 37.5 Å². The van der Waals surface area contributed by atoms with Crippen LogP contribution in [0.5, 0.6) is 0 Å². The third-order valence-electron chi connectivity index (χ3n) is 5.14. The number of piperidine rings is 1. The summed E-state index contributed by atoms with van der Waals surface area (Å²) >= 11 is 0. The number of ether oxygens (including phenoxy) is 1. The number of hydrogen-bond donors (Lipinski definition) is 2. The number of nitrogens with one attached hydrogen (secondary N) is 1. The maximum Gasteiger partial charge on any atom is 0.321 e. The van der Waals surface area contributed by atoms with Crippen molar-refractivity contribution >= 4 is 29.4 Å². The Bertz CT molecular complexity index is 802. The molecule has 5 amide bonds. The van der Waals surface area contributed by atoms with Gasteiger partial charge in [-0.1, -0.05) is 0 Å². The van der Waals surface area contributed by atoms with Gasteiger partial charge in [0.1, 0.15) is 0 Å². The summed E-state index contributed by atoms with van der Waals surface area (Å²) < 4.78 is 4.96. The average Bonchev–Trinajstić information content (AvgIpc) is 2.92. The highest BCUT2D eigenvalue weighted by Crippen LogP contribution is 2.26. The number of hydrogen-bond acceptors (Lipinski definition) is 5. The van der Waals surface area contributed by atoms with Crippen LogP contribution in [0.3, 0.4) is 0 Å². The standard InChI is InChI=1S/C19H24N4O5/c1-28-10-2-7-23-17(25)14-4-3-13(11-15(14)18(23)26)21-19(27)22-8-5-12(6-9-22)16(20)24/h3-4,11-12H,2,5-10H2,1H3,(H2,20,24)(H,21,27). The van der Waals surface area contributed by atoms with Crippen molar-refractivity contribution < 1.29 is 23.9 Å². The number of benzene rings is 1. The summed E-state index contributed by atoms with van der Waals surface area (Å²) in [6, 6.07) is 4.38. The Morgan fingerprint density at radius 2 is 1.86 bits per heavy atom. The predicted octanol–water partition coefficient (Wildman–Crippen LogP) is 1.05. The van der Waals surface area contributed by atoms with Crippen LogP contribution in [0, 0.1) is 5.92 Å². The van der Waals surface area contributed by atoms with Crippen molar-refractivity contribution in [3.05, 3.63) is 29.3 Å². The van der Waals surface area contributed by atoms with Gasteiger partial charge in [0.2, 0.25) is 5.91 Å². The van der Waals surface area contributed by atoms with Gasteiger partial charge in [0, 0.05) is 45.0 Å². The third-order valence-corrected chi connectivity index (χ3v) is 5.14. The van der Waals surface area contributed by atoms with Crippen molar-refractivity contribution in [1.29, 1.82) is 0 Å². The molecule has 3 N–H and O–H groups in total. The highest BCUT2D eigenvalue weighted by molar-refractivity contribution is 6.21. The lowest BCUT2D eigenvalue weighted by Gasteiger charge is -2.30. The quantitative estimate of drug-likeness (QED) is 0.557. The highest BCUT2D eigenvalue weighted by atomic mass is 16.5. The van der Waals surface area contributed by atoms with E-state index in [0.29, 0.717) is 50.2 Å². The first-order valence-electron chi connectivity index (χ1n) is 9.26. The second kappa shape index (κ2) is 8.39. The molecule has 1 aromatic carbocycles. The van der Waals surface area contributed by atoms with E-state index in [4.69, 9.17) is 10.5 Å². The van der Waals surface area contributed by atoms with Crippen molar-refractivity contribution in [3.63, 3.8) is 0 Å². The fourth-order valence-electron chi connectivity index (χ4n) is 3.51. The summed E-state index contributed by atoms with van der Waals surface area (Å²) in [6.07, 6.45) is 1.64. The molecule has 3 rings (SSSR count). The average molecular weight is 388 g/mol. The molecule has 0 saturated carbocycles. The van der Waals surface area contributed by atoms with E-state index >= 15 is 0 Å². The van der Waals surface area contributed by atoms with E-state index in [1.165, 1.54) is 11.0 Å². The number of methoxy groups -OCH3 is 1. The topological polar surface area (TPSA) is 122 Å². The lowest BCUT2D eigenvalue weighted by molar-refractivity contribution is -0.122.